The average molecular weight is 707 g/mol. The van der Waals surface area contributed by atoms with Crippen molar-refractivity contribution in [1.82, 2.24) is 26.7 Å². The first-order valence-electron chi connectivity index (χ1n) is 17.2. The van der Waals surface area contributed by atoms with Crippen LogP contribution in [0.25, 0.3) is 0 Å². The molecule has 0 aliphatic rings. The number of hydrogen-bond acceptors (Lipinski definition) is 6. The molecule has 0 heterocycles. The van der Waals surface area contributed by atoms with Crippen LogP contribution in [0.1, 0.15) is 55.4 Å². The molecule has 12 nitrogen and oxygen atoms in total. The molecule has 0 saturated carbocycles. The van der Waals surface area contributed by atoms with Gasteiger partial charge in [0, 0.05) is 12.8 Å². The summed E-state index contributed by atoms with van der Waals surface area (Å²) in [5.41, 5.74) is 4.15. The SMILES string of the molecule is CC(C)C[C@@H](NC(=O)O)C(=O)N[C@H](Cc1ccccc1)C(=O)N[C@H](CCC(=O)NC(c1ccccc1)(c1ccccc1)c1ccccc1)C(=O)NN. The highest BCUT2D eigenvalue weighted by Crippen LogP contribution is 2.37. The van der Waals surface area contributed by atoms with E-state index in [9.17, 15) is 29.1 Å². The summed E-state index contributed by atoms with van der Waals surface area (Å²) in [4.78, 5) is 65.6. The molecule has 0 fully saturated rings. The third-order valence-corrected chi connectivity index (χ3v) is 8.62. The summed E-state index contributed by atoms with van der Waals surface area (Å²) in [7, 11) is 0. The van der Waals surface area contributed by atoms with Crippen molar-refractivity contribution in [2.24, 2.45) is 11.8 Å². The first-order chi connectivity index (χ1) is 25.0. The quantitative estimate of drug-likeness (QED) is 0.0376. The van der Waals surface area contributed by atoms with E-state index in [2.05, 4.69) is 26.7 Å². The van der Waals surface area contributed by atoms with Gasteiger partial charge in [0.2, 0.25) is 17.7 Å². The summed E-state index contributed by atoms with van der Waals surface area (Å²) in [5.74, 6) is 2.95. The number of nitrogens with one attached hydrogen (secondary N) is 5. The van der Waals surface area contributed by atoms with E-state index < -0.39 is 53.4 Å². The predicted molar refractivity (Wildman–Crippen MR) is 197 cm³/mol. The molecule has 0 aliphatic heterocycles. The molecule has 4 aromatic rings. The van der Waals surface area contributed by atoms with Crippen LogP contribution in [0.4, 0.5) is 4.79 Å². The average Bonchev–Trinajstić information content (AvgIpc) is 3.15. The smallest absolute Gasteiger partial charge is 0.405 e. The molecule has 5 amide bonds. The topological polar surface area (TPSA) is 192 Å². The maximum Gasteiger partial charge on any atom is 0.405 e. The molecule has 4 rings (SSSR count). The van der Waals surface area contributed by atoms with Gasteiger partial charge in [-0.1, -0.05) is 135 Å². The number of benzene rings is 4. The van der Waals surface area contributed by atoms with Gasteiger partial charge in [0.15, 0.2) is 0 Å². The summed E-state index contributed by atoms with van der Waals surface area (Å²) in [6, 6.07) is 34.0. The van der Waals surface area contributed by atoms with E-state index in [1.54, 1.807) is 30.3 Å². The van der Waals surface area contributed by atoms with Gasteiger partial charge in [-0.3, -0.25) is 24.6 Å². The van der Waals surface area contributed by atoms with E-state index in [-0.39, 0.29) is 31.6 Å². The monoisotopic (exact) mass is 706 g/mol. The van der Waals surface area contributed by atoms with Crippen molar-refractivity contribution in [3.05, 3.63) is 144 Å². The third kappa shape index (κ3) is 10.5. The minimum Gasteiger partial charge on any atom is -0.465 e. The van der Waals surface area contributed by atoms with Crippen LogP contribution in [0.3, 0.4) is 0 Å². The Labute approximate surface area is 303 Å². The molecule has 0 aliphatic carbocycles. The fourth-order valence-corrected chi connectivity index (χ4v) is 6.15. The van der Waals surface area contributed by atoms with Crippen molar-refractivity contribution in [3.8, 4) is 0 Å². The molecular formula is C40H46N6O6. The highest BCUT2D eigenvalue weighted by molar-refractivity contribution is 5.94. The molecule has 272 valence electrons. The second kappa shape index (κ2) is 18.8. The minimum absolute atomic E-state index is 0.0304. The summed E-state index contributed by atoms with van der Waals surface area (Å²) < 4.78 is 0. The van der Waals surface area contributed by atoms with Gasteiger partial charge in [0.1, 0.15) is 23.7 Å². The molecule has 3 atom stereocenters. The second-order valence-electron chi connectivity index (χ2n) is 12.9. The first kappa shape index (κ1) is 38.8. The largest absolute Gasteiger partial charge is 0.465 e. The Bertz CT molecular complexity index is 1680. The number of carbonyl (C=O) groups excluding carboxylic acids is 4. The fourth-order valence-electron chi connectivity index (χ4n) is 6.15. The lowest BCUT2D eigenvalue weighted by Crippen LogP contribution is -2.58. The van der Waals surface area contributed by atoms with Crippen molar-refractivity contribution in [2.75, 3.05) is 0 Å². The zero-order chi connectivity index (χ0) is 37.5. The molecule has 12 heteroatoms. The zero-order valence-corrected chi connectivity index (χ0v) is 29.3. The van der Waals surface area contributed by atoms with Crippen LogP contribution in [-0.4, -0.2) is 53.0 Å². The molecule has 0 saturated heterocycles. The van der Waals surface area contributed by atoms with Crippen molar-refractivity contribution < 1.29 is 29.1 Å². The van der Waals surface area contributed by atoms with Gasteiger partial charge in [-0.25, -0.2) is 10.6 Å². The van der Waals surface area contributed by atoms with Crippen LogP contribution in [0, 0.1) is 5.92 Å². The Morgan fingerprint density at radius 3 is 1.50 bits per heavy atom. The van der Waals surface area contributed by atoms with Crippen molar-refractivity contribution in [3.63, 3.8) is 0 Å². The Hall–Kier alpha value is -6.01. The number of rotatable bonds is 17. The molecule has 0 bridgehead atoms. The standard InChI is InChI=1S/C40H46N6O6/c1-27(2)25-33(44-39(51)52)36(48)43-34(26-28-15-7-3-8-16-28)37(49)42-32(38(50)46-41)23-24-35(47)45-40(29-17-9-4-10-18-29,30-19-11-5-12-20-30)31-21-13-6-14-22-31/h3-22,27,32-34,44H,23-26,41H2,1-2H3,(H,42,49)(H,43,48)(H,45,47)(H,46,50)(H,51,52)/t32-,33-,34-/m1/s1. The lowest BCUT2D eigenvalue weighted by molar-refractivity contribution is -0.133. The lowest BCUT2D eigenvalue weighted by atomic mass is 9.77. The fraction of sp³-hybridized carbons (Fsp3) is 0.275. The van der Waals surface area contributed by atoms with Gasteiger partial charge in [0.05, 0.1) is 0 Å². The number of amides is 5. The highest BCUT2D eigenvalue weighted by atomic mass is 16.4. The molecule has 0 spiro atoms. The van der Waals surface area contributed by atoms with Crippen LogP contribution in [0.5, 0.6) is 0 Å². The van der Waals surface area contributed by atoms with E-state index in [4.69, 9.17) is 5.84 Å². The van der Waals surface area contributed by atoms with Gasteiger partial charge in [-0.15, -0.1) is 0 Å². The molecule has 4 aromatic carbocycles. The van der Waals surface area contributed by atoms with Gasteiger partial charge < -0.3 is 26.4 Å². The number of carboxylic acid groups (broad SMARTS) is 1. The molecule has 0 aromatic heterocycles. The van der Waals surface area contributed by atoms with E-state index in [1.807, 2.05) is 105 Å². The molecule has 8 N–H and O–H groups in total. The summed E-state index contributed by atoms with van der Waals surface area (Å²) in [6.07, 6.45) is -1.44. The summed E-state index contributed by atoms with van der Waals surface area (Å²) in [6.45, 7) is 3.68. The van der Waals surface area contributed by atoms with E-state index >= 15 is 0 Å². The van der Waals surface area contributed by atoms with Gasteiger partial charge in [0.25, 0.3) is 5.91 Å². The second-order valence-corrected chi connectivity index (χ2v) is 12.9. The van der Waals surface area contributed by atoms with Crippen molar-refractivity contribution in [2.45, 2.75) is 63.2 Å². The van der Waals surface area contributed by atoms with Crippen LogP contribution >= 0.6 is 0 Å². The van der Waals surface area contributed by atoms with E-state index in [0.717, 1.165) is 16.7 Å². The van der Waals surface area contributed by atoms with Gasteiger partial charge in [-0.05, 0) is 41.0 Å². The molecule has 52 heavy (non-hydrogen) atoms. The van der Waals surface area contributed by atoms with Gasteiger partial charge in [-0.2, -0.15) is 0 Å². The first-order valence-corrected chi connectivity index (χ1v) is 17.2. The van der Waals surface area contributed by atoms with E-state index in [1.165, 1.54) is 0 Å². The number of carbonyl (C=O) groups is 5. The molecule has 0 unspecified atom stereocenters. The number of nitrogens with two attached hydrogens (primary N) is 1. The Morgan fingerprint density at radius 1 is 0.615 bits per heavy atom. The van der Waals surface area contributed by atoms with E-state index in [0.29, 0.717) is 5.56 Å². The number of hydrazine groups is 1. The maximum absolute atomic E-state index is 14.0. The molecular weight excluding hydrogens is 660 g/mol. The predicted octanol–water partition coefficient (Wildman–Crippen LogP) is 3.76. The normalized spacial score (nSPS) is 12.8. The van der Waals surface area contributed by atoms with Crippen LogP contribution in [0.2, 0.25) is 0 Å². The van der Waals surface area contributed by atoms with Crippen LogP contribution in [-0.2, 0) is 31.1 Å². The highest BCUT2D eigenvalue weighted by Gasteiger charge is 2.38. The lowest BCUT2D eigenvalue weighted by Gasteiger charge is -2.37. The van der Waals surface area contributed by atoms with Crippen LogP contribution < -0.4 is 32.5 Å². The third-order valence-electron chi connectivity index (χ3n) is 8.62. The van der Waals surface area contributed by atoms with Gasteiger partial charge >= 0.3 is 6.09 Å². The van der Waals surface area contributed by atoms with Crippen LogP contribution in [0.15, 0.2) is 121 Å². The Balaban J connectivity index is 1.58. The van der Waals surface area contributed by atoms with Crippen molar-refractivity contribution >= 4 is 29.7 Å². The molecule has 0 radical (unpaired) electrons. The zero-order valence-electron chi connectivity index (χ0n) is 29.3. The Kier molecular flexibility index (Phi) is 14.0. The minimum atomic E-state index is -1.38. The Morgan fingerprint density at radius 2 is 1.06 bits per heavy atom. The summed E-state index contributed by atoms with van der Waals surface area (Å²) in [5, 5.41) is 20.1. The van der Waals surface area contributed by atoms with Crippen molar-refractivity contribution in [1.29, 1.82) is 0 Å². The summed E-state index contributed by atoms with van der Waals surface area (Å²) >= 11 is 0. The number of hydrogen-bond donors (Lipinski definition) is 7. The maximum atomic E-state index is 14.0.